The number of hydrogen-bond donors (Lipinski definition) is 1. The molecule has 0 amide bonds. The number of nitrogens with one attached hydrogen (secondary N) is 1. The molecule has 1 N–H and O–H groups in total. The summed E-state index contributed by atoms with van der Waals surface area (Å²) >= 11 is 6.01. The Balaban J connectivity index is 1.91. The highest BCUT2D eigenvalue weighted by atomic mass is 35.5. The van der Waals surface area contributed by atoms with Crippen molar-refractivity contribution in [2.75, 3.05) is 33.3 Å². The van der Waals surface area contributed by atoms with Crippen LogP contribution in [0.25, 0.3) is 0 Å². The topological polar surface area (TPSA) is 58.6 Å². The van der Waals surface area contributed by atoms with Crippen molar-refractivity contribution in [2.45, 2.75) is 30.6 Å². The number of ether oxygens (including phenoxy) is 1. The molecule has 0 bridgehead atoms. The van der Waals surface area contributed by atoms with E-state index in [9.17, 15) is 8.42 Å². The third kappa shape index (κ3) is 3.36. The Morgan fingerprint density at radius 2 is 2.09 bits per heavy atom. The van der Waals surface area contributed by atoms with Crippen LogP contribution in [0.2, 0.25) is 5.02 Å². The van der Waals surface area contributed by atoms with E-state index >= 15 is 0 Å². The Bertz CT molecular complexity index is 666. The number of benzene rings is 1. The number of rotatable bonds is 3. The van der Waals surface area contributed by atoms with Crippen molar-refractivity contribution in [2.24, 2.45) is 5.41 Å². The molecule has 1 spiro atoms. The average molecular weight is 359 g/mol. The van der Waals surface area contributed by atoms with Gasteiger partial charge >= 0.3 is 0 Å². The van der Waals surface area contributed by atoms with Gasteiger partial charge in [-0.25, -0.2) is 8.42 Å². The van der Waals surface area contributed by atoms with Crippen molar-refractivity contribution in [3.8, 4) is 5.75 Å². The van der Waals surface area contributed by atoms with Crippen molar-refractivity contribution >= 4 is 21.6 Å². The molecule has 1 atom stereocenters. The first-order valence-electron chi connectivity index (χ1n) is 8.01. The predicted octanol–water partition coefficient (Wildman–Crippen LogP) is 2.50. The molecule has 2 fully saturated rings. The molecule has 1 unspecified atom stereocenters. The molecule has 2 aliphatic rings. The molecule has 1 aromatic rings. The van der Waals surface area contributed by atoms with Gasteiger partial charge in [0.25, 0.3) is 0 Å². The van der Waals surface area contributed by atoms with Crippen LogP contribution in [0.4, 0.5) is 0 Å². The van der Waals surface area contributed by atoms with Crippen molar-refractivity contribution in [3.63, 3.8) is 0 Å². The first-order chi connectivity index (χ1) is 11.0. The molecule has 3 rings (SSSR count). The number of methoxy groups -OCH3 is 1. The van der Waals surface area contributed by atoms with Gasteiger partial charge in [0.2, 0.25) is 10.0 Å². The standard InChI is InChI=1S/C16H23ClN2O3S/c1-22-14-5-4-13(17)10-15(14)23(20,21)19-9-3-7-16(12-19)6-2-8-18-11-16/h4-5,10,18H,2-3,6-9,11-12H2,1H3. The van der Waals surface area contributed by atoms with Gasteiger partial charge in [-0.15, -0.1) is 0 Å². The van der Waals surface area contributed by atoms with Gasteiger partial charge in [0.05, 0.1) is 7.11 Å². The van der Waals surface area contributed by atoms with E-state index < -0.39 is 10.0 Å². The number of nitrogens with zero attached hydrogens (tertiary/aromatic N) is 1. The lowest BCUT2D eigenvalue weighted by Crippen LogP contribution is -2.52. The maximum absolute atomic E-state index is 13.1. The Morgan fingerprint density at radius 1 is 1.30 bits per heavy atom. The van der Waals surface area contributed by atoms with Crippen LogP contribution in [0.15, 0.2) is 23.1 Å². The molecule has 2 heterocycles. The monoisotopic (exact) mass is 358 g/mol. The smallest absolute Gasteiger partial charge is 0.246 e. The SMILES string of the molecule is COc1ccc(Cl)cc1S(=O)(=O)N1CCCC2(CCCNC2)C1. The summed E-state index contributed by atoms with van der Waals surface area (Å²) in [5.41, 5.74) is 0.0649. The van der Waals surface area contributed by atoms with Crippen LogP contribution in [-0.4, -0.2) is 46.0 Å². The normalized spacial score (nSPS) is 26.3. The number of halogens is 1. The van der Waals surface area contributed by atoms with E-state index in [0.29, 0.717) is 23.9 Å². The zero-order valence-corrected chi connectivity index (χ0v) is 14.9. The molecule has 0 aliphatic carbocycles. The second kappa shape index (κ2) is 6.59. The van der Waals surface area contributed by atoms with Crippen molar-refractivity contribution in [1.82, 2.24) is 9.62 Å². The highest BCUT2D eigenvalue weighted by Gasteiger charge is 2.41. The largest absolute Gasteiger partial charge is 0.495 e. The summed E-state index contributed by atoms with van der Waals surface area (Å²) in [6.07, 6.45) is 4.16. The first kappa shape index (κ1) is 17.0. The summed E-state index contributed by atoms with van der Waals surface area (Å²) in [6, 6.07) is 4.73. The molecule has 7 heteroatoms. The van der Waals surface area contributed by atoms with Gasteiger partial charge in [-0.2, -0.15) is 4.31 Å². The second-order valence-corrected chi connectivity index (χ2v) is 8.86. The summed E-state index contributed by atoms with van der Waals surface area (Å²) in [5.74, 6) is 0.343. The van der Waals surface area contributed by atoms with E-state index in [1.54, 1.807) is 16.4 Å². The van der Waals surface area contributed by atoms with Gasteiger partial charge in [-0.05, 0) is 55.8 Å². The average Bonchev–Trinajstić information content (AvgIpc) is 2.55. The minimum absolute atomic E-state index is 0.0649. The summed E-state index contributed by atoms with van der Waals surface area (Å²) in [6.45, 7) is 3.04. The lowest BCUT2D eigenvalue weighted by molar-refractivity contribution is 0.110. The highest BCUT2D eigenvalue weighted by Crippen LogP contribution is 2.39. The minimum Gasteiger partial charge on any atom is -0.495 e. The van der Waals surface area contributed by atoms with Crippen LogP contribution < -0.4 is 10.1 Å². The van der Waals surface area contributed by atoms with E-state index in [4.69, 9.17) is 16.3 Å². The minimum atomic E-state index is -3.61. The van der Waals surface area contributed by atoms with E-state index in [-0.39, 0.29) is 10.3 Å². The lowest BCUT2D eigenvalue weighted by Gasteiger charge is -2.44. The van der Waals surface area contributed by atoms with Crippen LogP contribution >= 0.6 is 11.6 Å². The van der Waals surface area contributed by atoms with Gasteiger partial charge < -0.3 is 10.1 Å². The number of sulfonamides is 1. The molecule has 0 saturated carbocycles. The summed E-state index contributed by atoms with van der Waals surface area (Å²) in [5, 5.41) is 3.82. The van der Waals surface area contributed by atoms with Gasteiger partial charge in [0.1, 0.15) is 10.6 Å². The molecule has 2 saturated heterocycles. The van der Waals surface area contributed by atoms with Crippen LogP contribution in [0, 0.1) is 5.41 Å². The third-order valence-electron chi connectivity index (χ3n) is 4.93. The summed E-state index contributed by atoms with van der Waals surface area (Å²) in [7, 11) is -2.13. The van der Waals surface area contributed by atoms with Crippen molar-refractivity contribution in [3.05, 3.63) is 23.2 Å². The maximum atomic E-state index is 13.1. The molecule has 23 heavy (non-hydrogen) atoms. The quantitative estimate of drug-likeness (QED) is 0.901. The summed E-state index contributed by atoms with van der Waals surface area (Å²) in [4.78, 5) is 0.160. The zero-order valence-electron chi connectivity index (χ0n) is 13.3. The van der Waals surface area contributed by atoms with E-state index in [1.165, 1.54) is 13.2 Å². The fourth-order valence-electron chi connectivity index (χ4n) is 3.74. The van der Waals surface area contributed by atoms with Gasteiger partial charge in [-0.1, -0.05) is 11.6 Å². The van der Waals surface area contributed by atoms with E-state index in [2.05, 4.69) is 5.32 Å². The second-order valence-electron chi connectivity index (χ2n) is 6.52. The van der Waals surface area contributed by atoms with Gasteiger partial charge in [0.15, 0.2) is 0 Å². The van der Waals surface area contributed by atoms with Crippen molar-refractivity contribution < 1.29 is 13.2 Å². The maximum Gasteiger partial charge on any atom is 0.246 e. The third-order valence-corrected chi connectivity index (χ3v) is 7.03. The first-order valence-corrected chi connectivity index (χ1v) is 9.83. The van der Waals surface area contributed by atoms with Crippen LogP contribution in [-0.2, 0) is 10.0 Å². The molecule has 2 aliphatic heterocycles. The Hall–Kier alpha value is -0.820. The van der Waals surface area contributed by atoms with Crippen LogP contribution in [0.5, 0.6) is 5.75 Å². The predicted molar refractivity (Wildman–Crippen MR) is 90.5 cm³/mol. The molecule has 5 nitrogen and oxygen atoms in total. The summed E-state index contributed by atoms with van der Waals surface area (Å²) < 4.78 is 33.1. The zero-order chi connectivity index (χ0) is 16.5. The highest BCUT2D eigenvalue weighted by molar-refractivity contribution is 7.89. The lowest BCUT2D eigenvalue weighted by atomic mass is 9.75. The van der Waals surface area contributed by atoms with Crippen molar-refractivity contribution in [1.29, 1.82) is 0 Å². The number of hydrogen-bond acceptors (Lipinski definition) is 4. The molecule has 128 valence electrons. The molecule has 1 aromatic carbocycles. The fraction of sp³-hybridized carbons (Fsp3) is 0.625. The van der Waals surface area contributed by atoms with E-state index in [1.807, 2.05) is 0 Å². The Kier molecular flexibility index (Phi) is 4.88. The molecular weight excluding hydrogens is 336 g/mol. The molecular formula is C16H23ClN2O3S. The Morgan fingerprint density at radius 3 is 2.78 bits per heavy atom. The Labute approximate surface area is 143 Å². The van der Waals surface area contributed by atoms with Gasteiger partial charge in [0, 0.05) is 24.7 Å². The molecule has 0 aromatic heterocycles. The molecule has 0 radical (unpaired) electrons. The van der Waals surface area contributed by atoms with Crippen LogP contribution in [0.1, 0.15) is 25.7 Å². The number of piperidine rings is 2. The fourth-order valence-corrected chi connectivity index (χ4v) is 5.75. The van der Waals surface area contributed by atoms with E-state index in [0.717, 1.165) is 38.8 Å². The van der Waals surface area contributed by atoms with Gasteiger partial charge in [-0.3, -0.25) is 0 Å². The van der Waals surface area contributed by atoms with Crippen LogP contribution in [0.3, 0.4) is 0 Å².